The molecular weight excluding hydrogens is 334 g/mol. The van der Waals surface area contributed by atoms with Crippen LogP contribution in [-0.4, -0.2) is 16.4 Å². The third kappa shape index (κ3) is 2.14. The number of anilines is 1. The van der Waals surface area contributed by atoms with Crippen molar-refractivity contribution in [1.82, 2.24) is 9.88 Å². The summed E-state index contributed by atoms with van der Waals surface area (Å²) < 4.78 is 53.1. The molecule has 0 spiro atoms. The number of alkyl halides is 3. The van der Waals surface area contributed by atoms with Gasteiger partial charge in [-0.3, -0.25) is 24.3 Å². The van der Waals surface area contributed by atoms with Crippen LogP contribution in [0.25, 0.3) is 5.69 Å². The van der Waals surface area contributed by atoms with Gasteiger partial charge >= 0.3 is 6.18 Å². The minimum atomic E-state index is -4.98. The number of imide groups is 1. The van der Waals surface area contributed by atoms with Crippen LogP contribution in [0.4, 0.5) is 23.4 Å². The van der Waals surface area contributed by atoms with Crippen LogP contribution in [-0.2, 0) is 6.18 Å². The van der Waals surface area contributed by atoms with Crippen LogP contribution in [0.3, 0.4) is 0 Å². The van der Waals surface area contributed by atoms with E-state index in [9.17, 15) is 31.9 Å². The summed E-state index contributed by atoms with van der Waals surface area (Å²) in [4.78, 5) is 35.3. The number of nitrogens with zero attached hydrogens (tertiary/aromatic N) is 1. The zero-order chi connectivity index (χ0) is 17.8. The summed E-state index contributed by atoms with van der Waals surface area (Å²) >= 11 is 0. The monoisotopic (exact) mass is 341 g/mol. The second-order valence-electron chi connectivity index (χ2n) is 4.91. The molecule has 0 atom stereocenters. The van der Waals surface area contributed by atoms with Crippen molar-refractivity contribution in [3.63, 3.8) is 0 Å². The largest absolute Gasteiger partial charge is 0.419 e. The van der Waals surface area contributed by atoms with Gasteiger partial charge in [0.2, 0.25) is 0 Å². The number of hydrogen-bond acceptors (Lipinski definition) is 4. The second-order valence-corrected chi connectivity index (χ2v) is 4.91. The summed E-state index contributed by atoms with van der Waals surface area (Å²) in [5.41, 5.74) is 1.53. The Morgan fingerprint density at radius 3 is 2.38 bits per heavy atom. The van der Waals surface area contributed by atoms with Crippen molar-refractivity contribution in [2.75, 3.05) is 5.73 Å². The molecule has 1 aromatic heterocycles. The molecule has 124 valence electrons. The van der Waals surface area contributed by atoms with E-state index < -0.39 is 52.0 Å². The van der Waals surface area contributed by atoms with E-state index in [0.29, 0.717) is 16.7 Å². The highest BCUT2D eigenvalue weighted by Crippen LogP contribution is 2.34. The molecule has 6 nitrogen and oxygen atoms in total. The summed E-state index contributed by atoms with van der Waals surface area (Å²) in [5, 5.41) is 1.90. The molecule has 1 aliphatic rings. The molecule has 0 fully saturated rings. The fraction of sp³-hybridized carbons (Fsp3) is 0.0714. The van der Waals surface area contributed by atoms with Gasteiger partial charge < -0.3 is 5.73 Å². The molecule has 3 rings (SSSR count). The van der Waals surface area contributed by atoms with Crippen molar-refractivity contribution < 1.29 is 27.2 Å². The van der Waals surface area contributed by atoms with E-state index in [2.05, 4.69) is 0 Å². The number of carbonyl (C=O) groups excluding carboxylic acids is 2. The molecule has 0 saturated heterocycles. The minimum Gasteiger partial charge on any atom is -0.384 e. The summed E-state index contributed by atoms with van der Waals surface area (Å²) in [6.07, 6.45) is -4.98. The van der Waals surface area contributed by atoms with Crippen molar-refractivity contribution in [3.05, 3.63) is 57.1 Å². The number of amides is 2. The molecule has 3 N–H and O–H groups in total. The van der Waals surface area contributed by atoms with Crippen LogP contribution in [0.15, 0.2) is 29.1 Å². The van der Waals surface area contributed by atoms with Crippen molar-refractivity contribution in [1.29, 1.82) is 0 Å². The first-order chi connectivity index (χ1) is 11.1. The molecular formula is C14H7F4N3O3. The number of benzene rings is 1. The average molecular weight is 341 g/mol. The first kappa shape index (κ1) is 15.7. The Morgan fingerprint density at radius 1 is 1.08 bits per heavy atom. The van der Waals surface area contributed by atoms with E-state index in [1.54, 1.807) is 0 Å². The number of nitrogens with two attached hydrogens (primary N) is 1. The Balaban J connectivity index is 2.34. The zero-order valence-corrected chi connectivity index (χ0v) is 11.6. The normalized spacial score (nSPS) is 13.8. The molecule has 2 amide bonds. The van der Waals surface area contributed by atoms with Crippen LogP contribution in [0.5, 0.6) is 0 Å². The molecule has 1 aromatic carbocycles. The van der Waals surface area contributed by atoms with Crippen LogP contribution in [0.1, 0.15) is 26.3 Å². The number of fused-ring (bicyclic) bond motifs is 1. The van der Waals surface area contributed by atoms with E-state index in [1.165, 1.54) is 0 Å². The third-order valence-corrected chi connectivity index (χ3v) is 3.48. The molecule has 0 bridgehead atoms. The first-order valence-corrected chi connectivity index (χ1v) is 6.40. The zero-order valence-electron chi connectivity index (χ0n) is 11.6. The van der Waals surface area contributed by atoms with Gasteiger partial charge in [-0.05, 0) is 12.1 Å². The quantitative estimate of drug-likeness (QED) is 0.607. The van der Waals surface area contributed by atoms with Gasteiger partial charge in [0.1, 0.15) is 5.82 Å². The number of nitrogen functional groups attached to an aromatic ring is 1. The number of pyridine rings is 1. The van der Waals surface area contributed by atoms with Gasteiger partial charge in [-0.25, -0.2) is 4.39 Å². The van der Waals surface area contributed by atoms with E-state index in [-0.39, 0.29) is 5.56 Å². The van der Waals surface area contributed by atoms with Gasteiger partial charge in [-0.1, -0.05) is 6.07 Å². The van der Waals surface area contributed by atoms with E-state index in [0.717, 1.165) is 12.1 Å². The minimum absolute atomic E-state index is 0.314. The van der Waals surface area contributed by atoms with Gasteiger partial charge in [-0.15, -0.1) is 0 Å². The molecule has 0 radical (unpaired) electrons. The second kappa shape index (κ2) is 4.91. The molecule has 0 saturated carbocycles. The lowest BCUT2D eigenvalue weighted by atomic mass is 10.1. The van der Waals surface area contributed by atoms with E-state index in [1.807, 2.05) is 5.32 Å². The summed E-state index contributed by atoms with van der Waals surface area (Å²) in [6, 6.07) is 3.02. The number of aromatic nitrogens is 1. The fourth-order valence-corrected chi connectivity index (χ4v) is 2.44. The Morgan fingerprint density at radius 2 is 1.75 bits per heavy atom. The average Bonchev–Trinajstić information content (AvgIpc) is 2.74. The maximum Gasteiger partial charge on any atom is 0.419 e. The number of rotatable bonds is 1. The highest BCUT2D eigenvalue weighted by Gasteiger charge is 2.36. The lowest BCUT2D eigenvalue weighted by Gasteiger charge is -2.15. The molecule has 0 aliphatic carbocycles. The number of carbonyl (C=O) groups is 2. The lowest BCUT2D eigenvalue weighted by molar-refractivity contribution is -0.140. The molecule has 0 unspecified atom stereocenters. The molecule has 24 heavy (non-hydrogen) atoms. The maximum atomic E-state index is 14.2. The van der Waals surface area contributed by atoms with Gasteiger partial charge in [-0.2, -0.15) is 13.2 Å². The SMILES string of the molecule is Nc1c2c(cc(=O)n1-c1cccc(C(F)(F)F)c1F)C(=O)NC2=O. The number of halogens is 4. The van der Waals surface area contributed by atoms with Crippen LogP contribution in [0, 0.1) is 5.82 Å². The lowest BCUT2D eigenvalue weighted by Crippen LogP contribution is -2.25. The van der Waals surface area contributed by atoms with Crippen molar-refractivity contribution >= 4 is 17.6 Å². The predicted molar refractivity (Wildman–Crippen MR) is 73.2 cm³/mol. The van der Waals surface area contributed by atoms with E-state index >= 15 is 0 Å². The number of nitrogens with one attached hydrogen (secondary N) is 1. The highest BCUT2D eigenvalue weighted by atomic mass is 19.4. The third-order valence-electron chi connectivity index (χ3n) is 3.48. The Labute approximate surface area is 130 Å². The van der Waals surface area contributed by atoms with Gasteiger partial charge in [0.15, 0.2) is 5.82 Å². The topological polar surface area (TPSA) is 94.2 Å². The predicted octanol–water partition coefficient (Wildman–Crippen LogP) is 1.46. The van der Waals surface area contributed by atoms with Crippen LogP contribution < -0.4 is 16.6 Å². The molecule has 2 heterocycles. The van der Waals surface area contributed by atoms with Crippen LogP contribution in [0.2, 0.25) is 0 Å². The van der Waals surface area contributed by atoms with Crippen molar-refractivity contribution in [2.45, 2.75) is 6.18 Å². The van der Waals surface area contributed by atoms with E-state index in [4.69, 9.17) is 5.73 Å². The summed E-state index contributed by atoms with van der Waals surface area (Å²) in [6.45, 7) is 0. The number of hydrogen-bond donors (Lipinski definition) is 2. The van der Waals surface area contributed by atoms with Gasteiger partial charge in [0.05, 0.1) is 22.4 Å². The van der Waals surface area contributed by atoms with Gasteiger partial charge in [0, 0.05) is 6.07 Å². The van der Waals surface area contributed by atoms with Crippen molar-refractivity contribution in [2.24, 2.45) is 0 Å². The van der Waals surface area contributed by atoms with Gasteiger partial charge in [0.25, 0.3) is 17.4 Å². The molecule has 1 aliphatic heterocycles. The Hall–Kier alpha value is -3.17. The smallest absolute Gasteiger partial charge is 0.384 e. The van der Waals surface area contributed by atoms with Crippen molar-refractivity contribution in [3.8, 4) is 5.69 Å². The van der Waals surface area contributed by atoms with Crippen LogP contribution >= 0.6 is 0 Å². The fourth-order valence-electron chi connectivity index (χ4n) is 2.44. The summed E-state index contributed by atoms with van der Waals surface area (Å²) in [7, 11) is 0. The molecule has 2 aromatic rings. The standard InChI is InChI=1S/C14H7F4N3O3/c15-10-6(14(16,17)18)2-1-3-7(10)21-8(22)4-5-9(11(21)19)13(24)20-12(5)23/h1-4H,19H2,(H,20,23,24). The molecule has 10 heteroatoms. The highest BCUT2D eigenvalue weighted by molar-refractivity contribution is 6.23. The Kier molecular flexibility index (Phi) is 3.22. The Bertz CT molecular complexity index is 963. The maximum absolute atomic E-state index is 14.2. The first-order valence-electron chi connectivity index (χ1n) is 6.40. The summed E-state index contributed by atoms with van der Waals surface area (Å²) in [5.74, 6) is -4.13.